The highest BCUT2D eigenvalue weighted by Crippen LogP contribution is 2.28. The van der Waals surface area contributed by atoms with E-state index in [1.54, 1.807) is 11.8 Å². The van der Waals surface area contributed by atoms with E-state index in [0.717, 1.165) is 21.6 Å². The molecule has 0 aliphatic carbocycles. The molecule has 0 saturated carbocycles. The molecule has 0 spiro atoms. The van der Waals surface area contributed by atoms with Crippen molar-refractivity contribution >= 4 is 23.3 Å². The topological polar surface area (TPSA) is 37.3 Å². The molecule has 0 aliphatic heterocycles. The fourth-order valence-electron chi connectivity index (χ4n) is 2.38. The van der Waals surface area contributed by atoms with Crippen molar-refractivity contribution < 1.29 is 9.90 Å². The van der Waals surface area contributed by atoms with Gasteiger partial charge in [-0.25, -0.2) is 4.79 Å². The van der Waals surface area contributed by atoms with E-state index in [1.165, 1.54) is 11.6 Å². The van der Waals surface area contributed by atoms with E-state index in [9.17, 15) is 9.90 Å². The fraction of sp³-hybridized carbons (Fsp3) is 0.250. The normalized spacial score (nSPS) is 12.3. The van der Waals surface area contributed by atoms with Gasteiger partial charge < -0.3 is 5.11 Å². The number of hydrogen-bond donors (Lipinski definition) is 1. The van der Waals surface area contributed by atoms with Crippen LogP contribution >= 0.6 is 11.8 Å². The summed E-state index contributed by atoms with van der Waals surface area (Å²) in [5.74, 6) is -0.936. The maximum Gasteiger partial charge on any atom is 0.328 e. The SMILES string of the molecule is CSc1ccc(C(=CC(=O)O)c2ccc(C(C)(C)C)cc2)cc1. The van der Waals surface area contributed by atoms with Crippen LogP contribution in [-0.4, -0.2) is 17.3 Å². The highest BCUT2D eigenvalue weighted by molar-refractivity contribution is 7.98. The quantitative estimate of drug-likeness (QED) is 0.618. The van der Waals surface area contributed by atoms with E-state index in [0.29, 0.717) is 0 Å². The summed E-state index contributed by atoms with van der Waals surface area (Å²) in [6.45, 7) is 6.49. The molecule has 0 atom stereocenters. The molecular weight excluding hydrogens is 304 g/mol. The molecule has 0 heterocycles. The average Bonchev–Trinajstić information content (AvgIpc) is 2.52. The Labute approximate surface area is 142 Å². The highest BCUT2D eigenvalue weighted by atomic mass is 32.2. The lowest BCUT2D eigenvalue weighted by Gasteiger charge is -2.19. The molecular formula is C20H22O2S. The number of benzene rings is 2. The van der Waals surface area contributed by atoms with Gasteiger partial charge in [-0.1, -0.05) is 57.2 Å². The van der Waals surface area contributed by atoms with Gasteiger partial charge in [0.25, 0.3) is 0 Å². The number of carboxylic acid groups (broad SMARTS) is 1. The van der Waals surface area contributed by atoms with Crippen LogP contribution in [0.5, 0.6) is 0 Å². The molecule has 2 rings (SSSR count). The van der Waals surface area contributed by atoms with Crippen LogP contribution in [0.4, 0.5) is 0 Å². The molecule has 0 aliphatic rings. The molecule has 0 fully saturated rings. The monoisotopic (exact) mass is 326 g/mol. The van der Waals surface area contributed by atoms with Gasteiger partial charge in [-0.05, 0) is 46.1 Å². The molecule has 0 bridgehead atoms. The van der Waals surface area contributed by atoms with E-state index < -0.39 is 5.97 Å². The van der Waals surface area contributed by atoms with Crippen LogP contribution < -0.4 is 0 Å². The van der Waals surface area contributed by atoms with E-state index in [4.69, 9.17) is 0 Å². The lowest BCUT2D eigenvalue weighted by atomic mass is 9.85. The minimum Gasteiger partial charge on any atom is -0.478 e. The third-order valence-electron chi connectivity index (χ3n) is 3.73. The zero-order valence-corrected chi connectivity index (χ0v) is 14.8. The Morgan fingerprint density at radius 1 is 0.957 bits per heavy atom. The summed E-state index contributed by atoms with van der Waals surface area (Å²) in [4.78, 5) is 12.4. The van der Waals surface area contributed by atoms with E-state index in [1.807, 2.05) is 42.7 Å². The van der Waals surface area contributed by atoms with Crippen LogP contribution in [0.3, 0.4) is 0 Å². The summed E-state index contributed by atoms with van der Waals surface area (Å²) in [5, 5.41) is 9.21. The molecule has 0 unspecified atom stereocenters. The molecule has 1 N–H and O–H groups in total. The Morgan fingerprint density at radius 2 is 1.43 bits per heavy atom. The van der Waals surface area contributed by atoms with Crippen molar-refractivity contribution in [3.8, 4) is 0 Å². The maximum atomic E-state index is 11.2. The van der Waals surface area contributed by atoms with E-state index >= 15 is 0 Å². The van der Waals surface area contributed by atoms with Gasteiger partial charge in [0.1, 0.15) is 0 Å². The predicted molar refractivity (Wildman–Crippen MR) is 98.1 cm³/mol. The zero-order chi connectivity index (χ0) is 17.0. The van der Waals surface area contributed by atoms with Crippen molar-refractivity contribution in [2.45, 2.75) is 31.1 Å². The third kappa shape index (κ3) is 4.49. The van der Waals surface area contributed by atoms with Gasteiger partial charge in [0.2, 0.25) is 0 Å². The van der Waals surface area contributed by atoms with Gasteiger partial charge in [0.05, 0.1) is 0 Å². The van der Waals surface area contributed by atoms with Crippen LogP contribution in [-0.2, 0) is 10.2 Å². The number of carboxylic acids is 1. The van der Waals surface area contributed by atoms with Crippen LogP contribution in [0, 0.1) is 0 Å². The summed E-state index contributed by atoms with van der Waals surface area (Å²) < 4.78 is 0. The van der Waals surface area contributed by atoms with Gasteiger partial charge in [-0.2, -0.15) is 0 Å². The first-order valence-electron chi connectivity index (χ1n) is 7.51. The lowest BCUT2D eigenvalue weighted by molar-refractivity contribution is -0.131. The Morgan fingerprint density at radius 3 is 1.83 bits per heavy atom. The largest absolute Gasteiger partial charge is 0.478 e. The number of carbonyl (C=O) groups is 1. The number of hydrogen-bond acceptors (Lipinski definition) is 2. The summed E-state index contributed by atoms with van der Waals surface area (Å²) in [7, 11) is 0. The number of aliphatic carboxylic acids is 1. The summed E-state index contributed by atoms with van der Waals surface area (Å²) >= 11 is 1.67. The Hall–Kier alpha value is -2.00. The van der Waals surface area contributed by atoms with Crippen molar-refractivity contribution in [2.75, 3.05) is 6.26 Å². The highest BCUT2D eigenvalue weighted by Gasteiger charge is 2.14. The standard InChI is InChI=1S/C20H22O2S/c1-20(2,3)16-9-5-14(6-10-16)18(13-19(21)22)15-7-11-17(23-4)12-8-15/h5-13H,1-4H3,(H,21,22). The van der Waals surface area contributed by atoms with Gasteiger partial charge in [-0.15, -0.1) is 11.8 Å². The molecule has 2 nitrogen and oxygen atoms in total. The Kier molecular flexibility index (Phi) is 5.32. The van der Waals surface area contributed by atoms with Crippen molar-refractivity contribution in [2.24, 2.45) is 0 Å². The van der Waals surface area contributed by atoms with E-state index in [2.05, 4.69) is 32.9 Å². The first-order valence-corrected chi connectivity index (χ1v) is 8.73. The molecule has 120 valence electrons. The predicted octanol–water partition coefficient (Wildman–Crippen LogP) is 5.22. The van der Waals surface area contributed by atoms with Crippen LogP contribution in [0.1, 0.15) is 37.5 Å². The first-order chi connectivity index (χ1) is 10.8. The number of rotatable bonds is 4. The van der Waals surface area contributed by atoms with Crippen molar-refractivity contribution in [3.05, 3.63) is 71.3 Å². The van der Waals surface area contributed by atoms with Crippen molar-refractivity contribution in [1.82, 2.24) is 0 Å². The number of thioether (sulfide) groups is 1. The molecule has 23 heavy (non-hydrogen) atoms. The van der Waals surface area contributed by atoms with Gasteiger partial charge >= 0.3 is 5.97 Å². The molecule has 2 aromatic carbocycles. The Balaban J connectivity index is 2.45. The van der Waals surface area contributed by atoms with Crippen molar-refractivity contribution in [3.63, 3.8) is 0 Å². The second-order valence-corrected chi connectivity index (χ2v) is 7.33. The fourth-order valence-corrected chi connectivity index (χ4v) is 2.79. The smallest absolute Gasteiger partial charge is 0.328 e. The van der Waals surface area contributed by atoms with Crippen LogP contribution in [0.25, 0.3) is 5.57 Å². The molecule has 0 amide bonds. The minimum atomic E-state index is -0.936. The molecule has 3 heteroatoms. The van der Waals surface area contributed by atoms with Crippen molar-refractivity contribution in [1.29, 1.82) is 0 Å². The van der Waals surface area contributed by atoms with E-state index in [-0.39, 0.29) is 5.41 Å². The molecule has 0 aromatic heterocycles. The van der Waals surface area contributed by atoms with Crippen LogP contribution in [0.15, 0.2) is 59.5 Å². The second kappa shape index (κ2) is 7.05. The van der Waals surface area contributed by atoms with Gasteiger partial charge in [0.15, 0.2) is 0 Å². The molecule has 0 radical (unpaired) electrons. The van der Waals surface area contributed by atoms with Gasteiger partial charge in [0, 0.05) is 11.0 Å². The molecule has 2 aromatic rings. The summed E-state index contributed by atoms with van der Waals surface area (Å²) in [5.41, 5.74) is 3.86. The first kappa shape index (κ1) is 17.4. The molecule has 0 saturated heterocycles. The summed E-state index contributed by atoms with van der Waals surface area (Å²) in [6, 6.07) is 16.1. The summed E-state index contributed by atoms with van der Waals surface area (Å²) in [6.07, 6.45) is 3.30. The Bertz CT molecular complexity index is 705. The average molecular weight is 326 g/mol. The van der Waals surface area contributed by atoms with Crippen LogP contribution in [0.2, 0.25) is 0 Å². The van der Waals surface area contributed by atoms with Gasteiger partial charge in [-0.3, -0.25) is 0 Å². The minimum absolute atomic E-state index is 0.0786. The zero-order valence-electron chi connectivity index (χ0n) is 14.0. The maximum absolute atomic E-state index is 11.2. The second-order valence-electron chi connectivity index (χ2n) is 6.45. The lowest BCUT2D eigenvalue weighted by Crippen LogP contribution is -2.10. The third-order valence-corrected chi connectivity index (χ3v) is 4.47.